The summed E-state index contributed by atoms with van der Waals surface area (Å²) in [5.74, 6) is -4.92. The average molecular weight is 463 g/mol. The molecule has 0 aliphatic carbocycles. The van der Waals surface area contributed by atoms with Gasteiger partial charge in [-0.05, 0) is 38.8 Å². The molecule has 0 bridgehead atoms. The van der Waals surface area contributed by atoms with Gasteiger partial charge in [0.25, 0.3) is 0 Å². The van der Waals surface area contributed by atoms with E-state index < -0.39 is 46.9 Å². The Labute approximate surface area is 180 Å². The highest BCUT2D eigenvalue weighted by Crippen LogP contribution is 2.29. The second-order valence-corrected chi connectivity index (χ2v) is 8.76. The van der Waals surface area contributed by atoms with Crippen LogP contribution in [0.3, 0.4) is 0 Å². The van der Waals surface area contributed by atoms with Crippen LogP contribution in [-0.2, 0) is 30.5 Å². The van der Waals surface area contributed by atoms with Crippen molar-refractivity contribution in [1.82, 2.24) is 25.0 Å². The number of alkyl halides is 3. The Balaban J connectivity index is 1.75. The van der Waals surface area contributed by atoms with Crippen LogP contribution in [0, 0.1) is 17.5 Å². The zero-order chi connectivity index (χ0) is 23.8. The van der Waals surface area contributed by atoms with Crippen LogP contribution in [0.1, 0.15) is 44.4 Å². The second kappa shape index (κ2) is 8.72. The largest absolute Gasteiger partial charge is 0.451 e. The van der Waals surface area contributed by atoms with Crippen LogP contribution in [0.2, 0.25) is 0 Å². The van der Waals surface area contributed by atoms with E-state index in [1.807, 2.05) is 20.8 Å². The molecule has 0 radical (unpaired) electrons. The number of carbonyl (C=O) groups excluding carboxylic acids is 1. The predicted molar refractivity (Wildman–Crippen MR) is 102 cm³/mol. The Morgan fingerprint density at radius 2 is 1.72 bits per heavy atom. The molecule has 3 rings (SSSR count). The summed E-state index contributed by atoms with van der Waals surface area (Å²) in [7, 11) is 0. The van der Waals surface area contributed by atoms with E-state index in [9.17, 15) is 31.1 Å². The van der Waals surface area contributed by atoms with Gasteiger partial charge in [0.2, 0.25) is 11.7 Å². The fourth-order valence-corrected chi connectivity index (χ4v) is 3.69. The fraction of sp³-hybridized carbons (Fsp3) is 0.550. The van der Waals surface area contributed by atoms with Gasteiger partial charge >= 0.3 is 6.18 Å². The smallest absolute Gasteiger partial charge is 0.333 e. The Bertz CT molecular complexity index is 998. The van der Waals surface area contributed by atoms with Crippen molar-refractivity contribution in [3.8, 4) is 0 Å². The number of halogens is 6. The Morgan fingerprint density at radius 1 is 1.06 bits per heavy atom. The first-order chi connectivity index (χ1) is 14.7. The van der Waals surface area contributed by atoms with Gasteiger partial charge in [0.15, 0.2) is 17.5 Å². The molecule has 1 aromatic heterocycles. The van der Waals surface area contributed by atoms with Crippen LogP contribution in [0.5, 0.6) is 0 Å². The number of fused-ring (bicyclic) bond motifs is 1. The highest BCUT2D eigenvalue weighted by atomic mass is 19.4. The first kappa shape index (κ1) is 24.0. The molecule has 1 N–H and O–H groups in total. The van der Waals surface area contributed by atoms with Gasteiger partial charge in [-0.25, -0.2) is 13.2 Å². The fourth-order valence-electron chi connectivity index (χ4n) is 3.69. The van der Waals surface area contributed by atoms with Crippen molar-refractivity contribution < 1.29 is 31.1 Å². The standard InChI is InChI=1S/C20H23F6N5O/c1-19(2,3)27-12(6-11-7-14(22)15(23)9-13(11)21)8-17(32)30-4-5-31-16(10-30)28-29-18(31)20(24,25)26/h7,9,12,27H,4-6,8,10H2,1-3H3. The van der Waals surface area contributed by atoms with Crippen molar-refractivity contribution >= 4 is 5.91 Å². The summed E-state index contributed by atoms with van der Waals surface area (Å²) in [6, 6.07) is 0.581. The lowest BCUT2D eigenvalue weighted by atomic mass is 9.98. The van der Waals surface area contributed by atoms with Gasteiger partial charge in [-0.15, -0.1) is 10.2 Å². The molecule has 1 atom stereocenters. The summed E-state index contributed by atoms with van der Waals surface area (Å²) in [5, 5.41) is 9.90. The van der Waals surface area contributed by atoms with E-state index >= 15 is 0 Å². The van der Waals surface area contributed by atoms with Crippen molar-refractivity contribution in [3.63, 3.8) is 0 Å². The molecule has 6 nitrogen and oxygen atoms in total. The van der Waals surface area contributed by atoms with Crippen LogP contribution in [0.15, 0.2) is 12.1 Å². The first-order valence-corrected chi connectivity index (χ1v) is 9.93. The van der Waals surface area contributed by atoms with E-state index in [2.05, 4.69) is 15.5 Å². The van der Waals surface area contributed by atoms with E-state index in [0.29, 0.717) is 6.07 Å². The molecule has 12 heteroatoms. The molecule has 0 fully saturated rings. The second-order valence-electron chi connectivity index (χ2n) is 8.76. The first-order valence-electron chi connectivity index (χ1n) is 9.93. The average Bonchev–Trinajstić information content (AvgIpc) is 3.08. The highest BCUT2D eigenvalue weighted by Gasteiger charge is 2.40. The van der Waals surface area contributed by atoms with Crippen LogP contribution >= 0.6 is 0 Å². The maximum atomic E-state index is 14.1. The zero-order valence-corrected chi connectivity index (χ0v) is 17.7. The van der Waals surface area contributed by atoms with Crippen molar-refractivity contribution in [2.24, 2.45) is 0 Å². The van der Waals surface area contributed by atoms with Crippen LogP contribution in [-0.4, -0.2) is 43.7 Å². The molecule has 0 saturated carbocycles. The number of amides is 1. The third kappa shape index (κ3) is 5.59. The molecule has 176 valence electrons. The number of aromatic nitrogens is 3. The van der Waals surface area contributed by atoms with Crippen LogP contribution in [0.4, 0.5) is 26.3 Å². The summed E-state index contributed by atoms with van der Waals surface area (Å²) in [4.78, 5) is 14.2. The molecule has 0 saturated heterocycles. The third-order valence-corrected chi connectivity index (χ3v) is 4.97. The number of nitrogens with zero attached hydrogens (tertiary/aromatic N) is 4. The van der Waals surface area contributed by atoms with Gasteiger partial charge in [-0.2, -0.15) is 13.2 Å². The minimum Gasteiger partial charge on any atom is -0.333 e. The lowest BCUT2D eigenvalue weighted by Crippen LogP contribution is -2.48. The molecule has 1 aliphatic rings. The Hall–Kier alpha value is -2.63. The van der Waals surface area contributed by atoms with Gasteiger partial charge in [0.1, 0.15) is 5.82 Å². The van der Waals surface area contributed by atoms with Crippen molar-refractivity contribution in [2.45, 2.75) is 64.5 Å². The molecule has 1 aliphatic heterocycles. The number of hydrogen-bond donors (Lipinski definition) is 1. The molecule has 2 heterocycles. The normalized spacial score (nSPS) is 15.6. The molecule has 2 aromatic rings. The van der Waals surface area contributed by atoms with Gasteiger partial charge in [0, 0.05) is 37.2 Å². The van der Waals surface area contributed by atoms with Crippen molar-refractivity contribution in [1.29, 1.82) is 0 Å². The predicted octanol–water partition coefficient (Wildman–Crippen LogP) is 3.45. The molecule has 32 heavy (non-hydrogen) atoms. The number of nitrogens with one attached hydrogen (secondary N) is 1. The number of benzene rings is 1. The summed E-state index contributed by atoms with van der Waals surface area (Å²) >= 11 is 0. The molecule has 1 amide bonds. The highest BCUT2D eigenvalue weighted by molar-refractivity contribution is 5.77. The van der Waals surface area contributed by atoms with E-state index in [4.69, 9.17) is 0 Å². The summed E-state index contributed by atoms with van der Waals surface area (Å²) in [5.41, 5.74) is -0.574. The van der Waals surface area contributed by atoms with Gasteiger partial charge in [0.05, 0.1) is 6.54 Å². The SMILES string of the molecule is CC(C)(C)NC(CC(=O)N1CCn2c(nnc2C(F)(F)F)C1)Cc1cc(F)c(F)cc1F. The Kier molecular flexibility index (Phi) is 6.55. The molecular formula is C20H23F6N5O. The third-order valence-electron chi connectivity index (χ3n) is 4.97. The van der Waals surface area contributed by atoms with Gasteiger partial charge in [-0.3, -0.25) is 4.79 Å². The van der Waals surface area contributed by atoms with Crippen molar-refractivity contribution in [3.05, 3.63) is 46.8 Å². The van der Waals surface area contributed by atoms with Gasteiger partial charge in [-0.1, -0.05) is 0 Å². The lowest BCUT2D eigenvalue weighted by Gasteiger charge is -2.32. The molecule has 0 spiro atoms. The van der Waals surface area contributed by atoms with Crippen LogP contribution in [0.25, 0.3) is 0 Å². The minimum absolute atomic E-state index is 0.0175. The van der Waals surface area contributed by atoms with E-state index in [-0.39, 0.29) is 43.9 Å². The number of rotatable bonds is 5. The summed E-state index contributed by atoms with van der Waals surface area (Å²) < 4.78 is 80.9. The lowest BCUT2D eigenvalue weighted by molar-refractivity contribution is -0.148. The maximum absolute atomic E-state index is 14.1. The zero-order valence-electron chi connectivity index (χ0n) is 17.7. The van der Waals surface area contributed by atoms with E-state index in [0.717, 1.165) is 10.6 Å². The van der Waals surface area contributed by atoms with E-state index in [1.54, 1.807) is 0 Å². The molecule has 1 unspecified atom stereocenters. The number of carbonyl (C=O) groups is 1. The monoisotopic (exact) mass is 463 g/mol. The van der Waals surface area contributed by atoms with E-state index in [1.165, 1.54) is 4.90 Å². The summed E-state index contributed by atoms with van der Waals surface area (Å²) in [6.45, 7) is 5.24. The quantitative estimate of drug-likeness (QED) is 0.545. The summed E-state index contributed by atoms with van der Waals surface area (Å²) in [6.07, 6.45) is -4.86. The topological polar surface area (TPSA) is 63.1 Å². The molecule has 1 aromatic carbocycles. The maximum Gasteiger partial charge on any atom is 0.451 e. The van der Waals surface area contributed by atoms with Crippen molar-refractivity contribution in [2.75, 3.05) is 6.54 Å². The Morgan fingerprint density at radius 3 is 2.34 bits per heavy atom. The minimum atomic E-state index is -4.65. The van der Waals surface area contributed by atoms with Crippen LogP contribution < -0.4 is 5.32 Å². The number of hydrogen-bond acceptors (Lipinski definition) is 4. The van der Waals surface area contributed by atoms with Gasteiger partial charge < -0.3 is 14.8 Å². The molecular weight excluding hydrogens is 440 g/mol.